The lowest BCUT2D eigenvalue weighted by Gasteiger charge is -2.19. The molecule has 0 heterocycles. The lowest BCUT2D eigenvalue weighted by Crippen LogP contribution is -2.43. The van der Waals surface area contributed by atoms with Crippen molar-refractivity contribution in [2.75, 3.05) is 0 Å². The van der Waals surface area contributed by atoms with Crippen LogP contribution >= 0.6 is 11.6 Å². The number of hydrogen-bond acceptors (Lipinski definition) is 3. The molecule has 108 valence electrons. The second-order valence-electron chi connectivity index (χ2n) is 4.97. The maximum absolute atomic E-state index is 11.5. The lowest BCUT2D eigenvalue weighted by molar-refractivity contribution is -0.117. The van der Waals surface area contributed by atoms with Gasteiger partial charge in [-0.25, -0.2) is 10.2 Å². The molecule has 1 rings (SSSR count). The summed E-state index contributed by atoms with van der Waals surface area (Å²) < 4.78 is 4.96. The molecule has 0 aliphatic carbocycles. The Kier molecular flexibility index (Phi) is 5.58. The van der Waals surface area contributed by atoms with E-state index in [1.807, 2.05) is 6.07 Å². The standard InChI is InChI=1S/C14H17ClN2O3/c1-14(2,3)20-13(19)17-16-12(18)9-8-10-6-4-5-7-11(10)15/h4-9H,1-3H3,(H,16,18)(H,17,19)/b9-8+. The van der Waals surface area contributed by atoms with E-state index in [1.54, 1.807) is 45.0 Å². The van der Waals surface area contributed by atoms with Crippen LogP contribution in [0.2, 0.25) is 5.02 Å². The Bertz CT molecular complexity index is 521. The Labute approximate surface area is 122 Å². The van der Waals surface area contributed by atoms with E-state index in [1.165, 1.54) is 6.08 Å². The van der Waals surface area contributed by atoms with Crippen molar-refractivity contribution in [3.8, 4) is 0 Å². The van der Waals surface area contributed by atoms with Gasteiger partial charge in [-0.1, -0.05) is 29.8 Å². The molecule has 0 fully saturated rings. The van der Waals surface area contributed by atoms with Crippen LogP contribution in [-0.2, 0) is 9.53 Å². The molecule has 0 saturated heterocycles. The highest BCUT2D eigenvalue weighted by atomic mass is 35.5. The Morgan fingerprint density at radius 3 is 2.45 bits per heavy atom. The van der Waals surface area contributed by atoms with Crippen LogP contribution in [0.5, 0.6) is 0 Å². The summed E-state index contributed by atoms with van der Waals surface area (Å²) in [7, 11) is 0. The molecule has 0 bridgehead atoms. The molecule has 2 N–H and O–H groups in total. The van der Waals surface area contributed by atoms with Gasteiger partial charge in [0.2, 0.25) is 0 Å². The first kappa shape index (κ1) is 16.0. The van der Waals surface area contributed by atoms with Crippen molar-refractivity contribution in [1.29, 1.82) is 0 Å². The van der Waals surface area contributed by atoms with E-state index in [9.17, 15) is 9.59 Å². The summed E-state index contributed by atoms with van der Waals surface area (Å²) in [5.41, 5.74) is 4.43. The zero-order valence-corrected chi connectivity index (χ0v) is 12.3. The van der Waals surface area contributed by atoms with Crippen molar-refractivity contribution in [2.45, 2.75) is 26.4 Å². The number of carbonyl (C=O) groups is 2. The highest BCUT2D eigenvalue weighted by Gasteiger charge is 2.15. The number of rotatable bonds is 2. The molecule has 1 aromatic rings. The van der Waals surface area contributed by atoms with Gasteiger partial charge in [0.15, 0.2) is 0 Å². The first-order valence-corrected chi connectivity index (χ1v) is 6.37. The molecule has 6 heteroatoms. The molecule has 20 heavy (non-hydrogen) atoms. The fourth-order valence-corrected chi connectivity index (χ4v) is 1.43. The largest absolute Gasteiger partial charge is 0.443 e. The smallest absolute Gasteiger partial charge is 0.426 e. The SMILES string of the molecule is CC(C)(C)OC(=O)NNC(=O)/C=C/c1ccccc1Cl. The highest BCUT2D eigenvalue weighted by Crippen LogP contribution is 2.15. The molecule has 0 atom stereocenters. The summed E-state index contributed by atoms with van der Waals surface area (Å²) in [4.78, 5) is 22.8. The normalized spacial score (nSPS) is 11.2. The Balaban J connectivity index is 2.45. The van der Waals surface area contributed by atoms with Gasteiger partial charge in [-0.05, 0) is 38.5 Å². The molecule has 0 saturated carbocycles. The Morgan fingerprint density at radius 1 is 1.20 bits per heavy atom. The van der Waals surface area contributed by atoms with Crippen LogP contribution < -0.4 is 10.9 Å². The predicted molar refractivity (Wildman–Crippen MR) is 78.0 cm³/mol. The molecule has 0 unspecified atom stereocenters. The number of halogens is 1. The molecule has 0 aliphatic heterocycles. The quantitative estimate of drug-likeness (QED) is 0.651. The van der Waals surface area contributed by atoms with E-state index >= 15 is 0 Å². The number of benzene rings is 1. The Morgan fingerprint density at radius 2 is 1.85 bits per heavy atom. The molecule has 0 radical (unpaired) electrons. The number of ether oxygens (including phenoxy) is 1. The number of hydrogen-bond donors (Lipinski definition) is 2. The average molecular weight is 297 g/mol. The molecule has 5 nitrogen and oxygen atoms in total. The van der Waals surface area contributed by atoms with E-state index in [0.29, 0.717) is 10.6 Å². The second kappa shape index (κ2) is 6.96. The zero-order chi connectivity index (χ0) is 15.2. The Hall–Kier alpha value is -2.01. The average Bonchev–Trinajstić information content (AvgIpc) is 2.33. The summed E-state index contributed by atoms with van der Waals surface area (Å²) in [5.74, 6) is -0.490. The van der Waals surface area contributed by atoms with Crippen LogP contribution in [0.1, 0.15) is 26.3 Å². The van der Waals surface area contributed by atoms with Crippen molar-refractivity contribution < 1.29 is 14.3 Å². The summed E-state index contributed by atoms with van der Waals surface area (Å²) >= 11 is 5.94. The minimum absolute atomic E-state index is 0.490. The zero-order valence-electron chi connectivity index (χ0n) is 11.6. The maximum atomic E-state index is 11.5. The third-order valence-electron chi connectivity index (χ3n) is 2.01. The monoisotopic (exact) mass is 296 g/mol. The van der Waals surface area contributed by atoms with Gasteiger partial charge in [0.05, 0.1) is 0 Å². The minimum atomic E-state index is -0.725. The number of carbonyl (C=O) groups excluding carboxylic acids is 2. The number of hydrazine groups is 1. The lowest BCUT2D eigenvalue weighted by atomic mass is 10.2. The molecule has 0 aliphatic rings. The van der Waals surface area contributed by atoms with Crippen LogP contribution in [0.3, 0.4) is 0 Å². The van der Waals surface area contributed by atoms with E-state index in [2.05, 4.69) is 10.9 Å². The first-order chi connectivity index (χ1) is 9.28. The molecule has 2 amide bonds. The van der Waals surface area contributed by atoms with Crippen LogP contribution in [0.25, 0.3) is 6.08 Å². The fourth-order valence-electron chi connectivity index (χ4n) is 1.23. The molecule has 0 spiro atoms. The van der Waals surface area contributed by atoms with Gasteiger partial charge in [0.25, 0.3) is 5.91 Å². The van der Waals surface area contributed by atoms with Crippen LogP contribution in [0.4, 0.5) is 4.79 Å². The van der Waals surface area contributed by atoms with Gasteiger partial charge in [-0.3, -0.25) is 10.2 Å². The second-order valence-corrected chi connectivity index (χ2v) is 5.38. The minimum Gasteiger partial charge on any atom is -0.443 e. The third kappa shape index (κ3) is 6.24. The molecular weight excluding hydrogens is 280 g/mol. The fraction of sp³-hybridized carbons (Fsp3) is 0.286. The van der Waals surface area contributed by atoms with Crippen LogP contribution in [0.15, 0.2) is 30.3 Å². The van der Waals surface area contributed by atoms with Crippen molar-refractivity contribution >= 4 is 29.7 Å². The topological polar surface area (TPSA) is 67.4 Å². The van der Waals surface area contributed by atoms with Gasteiger partial charge >= 0.3 is 6.09 Å². The molecule has 0 aromatic heterocycles. The van der Waals surface area contributed by atoms with Gasteiger partial charge in [-0.15, -0.1) is 0 Å². The third-order valence-corrected chi connectivity index (χ3v) is 2.35. The first-order valence-electron chi connectivity index (χ1n) is 5.99. The van der Waals surface area contributed by atoms with E-state index in [4.69, 9.17) is 16.3 Å². The van der Waals surface area contributed by atoms with E-state index < -0.39 is 17.6 Å². The van der Waals surface area contributed by atoms with Gasteiger partial charge in [0, 0.05) is 11.1 Å². The van der Waals surface area contributed by atoms with Gasteiger partial charge < -0.3 is 4.74 Å². The number of amides is 2. The summed E-state index contributed by atoms with van der Waals surface area (Å²) in [6.45, 7) is 5.18. The van der Waals surface area contributed by atoms with E-state index in [-0.39, 0.29) is 0 Å². The van der Waals surface area contributed by atoms with Gasteiger partial charge in [-0.2, -0.15) is 0 Å². The van der Waals surface area contributed by atoms with Crippen LogP contribution in [-0.4, -0.2) is 17.6 Å². The summed E-state index contributed by atoms with van der Waals surface area (Å²) in [6.07, 6.45) is 2.09. The summed E-state index contributed by atoms with van der Waals surface area (Å²) in [6, 6.07) is 7.09. The number of nitrogens with one attached hydrogen (secondary N) is 2. The maximum Gasteiger partial charge on any atom is 0.426 e. The van der Waals surface area contributed by atoms with Crippen molar-refractivity contribution in [3.05, 3.63) is 40.9 Å². The van der Waals surface area contributed by atoms with E-state index in [0.717, 1.165) is 0 Å². The summed E-state index contributed by atoms with van der Waals surface area (Å²) in [5, 5.41) is 0.539. The van der Waals surface area contributed by atoms with Gasteiger partial charge in [0.1, 0.15) is 5.60 Å². The van der Waals surface area contributed by atoms with Crippen molar-refractivity contribution in [1.82, 2.24) is 10.9 Å². The van der Waals surface area contributed by atoms with Crippen molar-refractivity contribution in [3.63, 3.8) is 0 Å². The highest BCUT2D eigenvalue weighted by molar-refractivity contribution is 6.32. The van der Waals surface area contributed by atoms with Crippen LogP contribution in [0, 0.1) is 0 Å². The molecular formula is C14H17ClN2O3. The van der Waals surface area contributed by atoms with Crippen molar-refractivity contribution in [2.24, 2.45) is 0 Å². The predicted octanol–water partition coefficient (Wildman–Crippen LogP) is 2.91. The molecule has 1 aromatic carbocycles.